The fourth-order valence-corrected chi connectivity index (χ4v) is 3.95. The fraction of sp³-hybridized carbons (Fsp3) is 0.350. The first kappa shape index (κ1) is 20.8. The van der Waals surface area contributed by atoms with Crippen molar-refractivity contribution in [1.29, 1.82) is 0 Å². The van der Waals surface area contributed by atoms with Crippen LogP contribution in [-0.2, 0) is 21.2 Å². The molecule has 1 N–H and O–H groups in total. The zero-order valence-corrected chi connectivity index (χ0v) is 16.9. The molecule has 2 rings (SSSR count). The molecule has 6 nitrogen and oxygen atoms in total. The van der Waals surface area contributed by atoms with Crippen molar-refractivity contribution in [2.45, 2.75) is 33.2 Å². The van der Waals surface area contributed by atoms with Crippen molar-refractivity contribution in [3.8, 4) is 5.75 Å². The molecule has 0 fully saturated rings. The first-order valence-corrected chi connectivity index (χ1v) is 10.7. The smallest absolute Gasteiger partial charge is 0.248 e. The van der Waals surface area contributed by atoms with Gasteiger partial charge in [0, 0.05) is 0 Å². The average Bonchev–Trinajstić information content (AvgIpc) is 2.63. The Morgan fingerprint density at radius 3 is 2.30 bits per heavy atom. The number of amides is 1. The van der Waals surface area contributed by atoms with Gasteiger partial charge < -0.3 is 10.1 Å². The Hall–Kier alpha value is -2.54. The zero-order chi connectivity index (χ0) is 20.0. The molecule has 2 aromatic rings. The van der Waals surface area contributed by atoms with Gasteiger partial charge in [-0.25, -0.2) is 8.42 Å². The Morgan fingerprint density at radius 2 is 1.74 bits per heavy atom. The Labute approximate surface area is 161 Å². The van der Waals surface area contributed by atoms with E-state index in [-0.39, 0.29) is 0 Å². The molecule has 146 valence electrons. The highest BCUT2D eigenvalue weighted by molar-refractivity contribution is 7.92. The minimum atomic E-state index is -3.65. The van der Waals surface area contributed by atoms with Crippen LogP contribution in [0.4, 0.5) is 11.4 Å². The van der Waals surface area contributed by atoms with Gasteiger partial charge in [-0.1, -0.05) is 31.2 Å². The predicted octanol–water partition coefficient (Wildman–Crippen LogP) is 3.44. The maximum absolute atomic E-state index is 12.8. The van der Waals surface area contributed by atoms with Gasteiger partial charge in [-0.2, -0.15) is 0 Å². The van der Waals surface area contributed by atoms with Gasteiger partial charge in [-0.05, 0) is 50.1 Å². The molecule has 0 aliphatic carbocycles. The van der Waals surface area contributed by atoms with Gasteiger partial charge in [0.2, 0.25) is 15.9 Å². The zero-order valence-electron chi connectivity index (χ0n) is 16.1. The topological polar surface area (TPSA) is 75.7 Å². The number of carbonyl (C=O) groups is 1. The summed E-state index contributed by atoms with van der Waals surface area (Å²) in [5.41, 5.74) is 2.05. The molecule has 0 aliphatic heterocycles. The standard InChI is InChI=1S/C20H26N2O4S/c1-5-16-11-13-17(14-12-16)22(27(4,24)25)15(3)20(23)21-18-9-7-8-10-19(18)26-6-2/h7-15H,5-6H2,1-4H3,(H,21,23)/t15-/m0/s1. The minimum Gasteiger partial charge on any atom is -0.492 e. The summed E-state index contributed by atoms with van der Waals surface area (Å²) in [5, 5.41) is 2.77. The third-order valence-corrected chi connectivity index (χ3v) is 5.37. The molecule has 27 heavy (non-hydrogen) atoms. The third kappa shape index (κ3) is 5.23. The molecule has 2 aromatic carbocycles. The highest BCUT2D eigenvalue weighted by Crippen LogP contribution is 2.26. The fourth-order valence-electron chi connectivity index (χ4n) is 2.78. The molecule has 1 atom stereocenters. The molecule has 7 heteroatoms. The molecule has 0 aliphatic rings. The van der Waals surface area contributed by atoms with E-state index in [1.54, 1.807) is 37.3 Å². The van der Waals surface area contributed by atoms with E-state index >= 15 is 0 Å². The summed E-state index contributed by atoms with van der Waals surface area (Å²) in [6, 6.07) is 13.3. The Balaban J connectivity index is 2.30. The van der Waals surface area contributed by atoms with Gasteiger partial charge in [0.25, 0.3) is 0 Å². The van der Waals surface area contributed by atoms with Crippen molar-refractivity contribution in [2.75, 3.05) is 22.5 Å². The van der Waals surface area contributed by atoms with Crippen molar-refractivity contribution in [3.63, 3.8) is 0 Å². The monoisotopic (exact) mass is 390 g/mol. The summed E-state index contributed by atoms with van der Waals surface area (Å²) >= 11 is 0. The van der Waals surface area contributed by atoms with Gasteiger partial charge >= 0.3 is 0 Å². The molecule has 0 saturated carbocycles. The lowest BCUT2D eigenvalue weighted by Crippen LogP contribution is -2.45. The Kier molecular flexibility index (Phi) is 6.85. The van der Waals surface area contributed by atoms with Gasteiger partial charge in [0.1, 0.15) is 11.8 Å². The van der Waals surface area contributed by atoms with Crippen LogP contribution in [0.5, 0.6) is 5.75 Å². The highest BCUT2D eigenvalue weighted by atomic mass is 32.2. The van der Waals surface area contributed by atoms with E-state index in [1.807, 2.05) is 32.0 Å². The minimum absolute atomic E-state index is 0.438. The summed E-state index contributed by atoms with van der Waals surface area (Å²) in [4.78, 5) is 12.8. The molecule has 1 amide bonds. The van der Waals surface area contributed by atoms with Crippen LogP contribution in [0, 0.1) is 0 Å². The van der Waals surface area contributed by atoms with Crippen LogP contribution in [0.1, 0.15) is 26.3 Å². The van der Waals surface area contributed by atoms with Crippen molar-refractivity contribution in [2.24, 2.45) is 0 Å². The lowest BCUT2D eigenvalue weighted by atomic mass is 10.1. The van der Waals surface area contributed by atoms with E-state index in [2.05, 4.69) is 5.32 Å². The van der Waals surface area contributed by atoms with Crippen molar-refractivity contribution in [3.05, 3.63) is 54.1 Å². The number of rotatable bonds is 8. The second-order valence-corrected chi connectivity index (χ2v) is 8.03. The summed E-state index contributed by atoms with van der Waals surface area (Å²) in [6.45, 7) is 5.90. The van der Waals surface area contributed by atoms with Crippen LogP contribution < -0.4 is 14.4 Å². The highest BCUT2D eigenvalue weighted by Gasteiger charge is 2.29. The molecule has 0 aromatic heterocycles. The lowest BCUT2D eigenvalue weighted by Gasteiger charge is -2.28. The van der Waals surface area contributed by atoms with Gasteiger partial charge in [0.15, 0.2) is 0 Å². The van der Waals surface area contributed by atoms with Crippen molar-refractivity contribution in [1.82, 2.24) is 0 Å². The van der Waals surface area contributed by atoms with Gasteiger partial charge in [-0.3, -0.25) is 9.10 Å². The van der Waals surface area contributed by atoms with Crippen LogP contribution in [0.3, 0.4) is 0 Å². The van der Waals surface area contributed by atoms with E-state index in [1.165, 1.54) is 0 Å². The number of nitrogens with zero attached hydrogens (tertiary/aromatic N) is 1. The van der Waals surface area contributed by atoms with Crippen LogP contribution in [-0.4, -0.2) is 33.2 Å². The average molecular weight is 391 g/mol. The number of ether oxygens (including phenoxy) is 1. The second kappa shape index (κ2) is 8.90. The molecule has 0 saturated heterocycles. The van der Waals surface area contributed by atoms with Crippen LogP contribution in [0.15, 0.2) is 48.5 Å². The number of benzene rings is 2. The molecule has 0 bridgehead atoms. The first-order chi connectivity index (χ1) is 12.8. The summed E-state index contributed by atoms with van der Waals surface area (Å²) in [7, 11) is -3.65. The first-order valence-electron chi connectivity index (χ1n) is 8.89. The SMILES string of the molecule is CCOc1ccccc1NC(=O)[C@H](C)N(c1ccc(CC)cc1)S(C)(=O)=O. The summed E-state index contributed by atoms with van der Waals surface area (Å²) < 4.78 is 31.4. The number of nitrogens with one attached hydrogen (secondary N) is 1. The largest absolute Gasteiger partial charge is 0.492 e. The van der Waals surface area contributed by atoms with Crippen molar-refractivity contribution < 1.29 is 17.9 Å². The second-order valence-electron chi connectivity index (χ2n) is 6.17. The number of anilines is 2. The number of sulfonamides is 1. The van der Waals surface area contributed by atoms with Gasteiger partial charge in [-0.15, -0.1) is 0 Å². The predicted molar refractivity (Wildman–Crippen MR) is 109 cm³/mol. The van der Waals surface area contributed by atoms with Crippen LogP contribution in [0.25, 0.3) is 0 Å². The molecule has 0 unspecified atom stereocenters. The van der Waals surface area contributed by atoms with Crippen LogP contribution >= 0.6 is 0 Å². The van der Waals surface area contributed by atoms with Crippen molar-refractivity contribution >= 4 is 27.3 Å². The van der Waals surface area contributed by atoms with E-state index < -0.39 is 22.0 Å². The Morgan fingerprint density at radius 1 is 1.11 bits per heavy atom. The number of para-hydroxylation sites is 2. The summed E-state index contributed by atoms with van der Waals surface area (Å²) in [6.07, 6.45) is 1.95. The van der Waals surface area contributed by atoms with E-state index in [4.69, 9.17) is 4.74 Å². The number of hydrogen-bond donors (Lipinski definition) is 1. The van der Waals surface area contributed by atoms with E-state index in [0.29, 0.717) is 23.7 Å². The third-order valence-electron chi connectivity index (χ3n) is 4.13. The molecule has 0 heterocycles. The number of carbonyl (C=O) groups excluding carboxylic acids is 1. The van der Waals surface area contributed by atoms with E-state index in [0.717, 1.165) is 22.5 Å². The number of aryl methyl sites for hydroxylation is 1. The van der Waals surface area contributed by atoms with Crippen LogP contribution in [0.2, 0.25) is 0 Å². The molecular formula is C20H26N2O4S. The summed E-state index contributed by atoms with van der Waals surface area (Å²) in [5.74, 6) is 0.103. The maximum atomic E-state index is 12.8. The van der Waals surface area contributed by atoms with Gasteiger partial charge in [0.05, 0.1) is 24.2 Å². The van der Waals surface area contributed by atoms with E-state index in [9.17, 15) is 13.2 Å². The maximum Gasteiger partial charge on any atom is 0.248 e. The normalized spacial score (nSPS) is 12.3. The Bertz CT molecular complexity index is 879. The molecule has 0 radical (unpaired) electrons. The number of hydrogen-bond acceptors (Lipinski definition) is 4. The quantitative estimate of drug-likeness (QED) is 0.749. The lowest BCUT2D eigenvalue weighted by molar-refractivity contribution is -0.116. The molecule has 0 spiro atoms. The molecular weight excluding hydrogens is 364 g/mol.